The van der Waals surface area contributed by atoms with Gasteiger partial charge < -0.3 is 16.4 Å². The van der Waals surface area contributed by atoms with Gasteiger partial charge in [0, 0.05) is 36.4 Å². The number of nitrogens with two attached hydrogens (primary N) is 1. The minimum absolute atomic E-state index is 0.316. The molecule has 4 aromatic rings. The van der Waals surface area contributed by atoms with Gasteiger partial charge in [-0.3, -0.25) is 0 Å². The standard InChI is InChI=1S/C30H32N6O2S/c31-29-28(25-11-13-27(14-12-25)35-26-9-5-2-6-10-26)30(34-22-33-29)32-21-24-15-18-36(19-16-24)39(37,38)20-17-23-7-3-1-4-8-23/h1-14,17,20,22,24,35H,15-16,18-19,21H2,(H3,31,32,33,34)/b20-17-. The molecule has 5 rings (SSSR count). The van der Waals surface area contributed by atoms with Crippen LogP contribution in [0.5, 0.6) is 0 Å². The fraction of sp³-hybridized carbons (Fsp3) is 0.200. The molecule has 9 heteroatoms. The van der Waals surface area contributed by atoms with Crippen molar-refractivity contribution in [1.29, 1.82) is 0 Å². The number of anilines is 4. The zero-order valence-corrected chi connectivity index (χ0v) is 22.4. The second-order valence-corrected chi connectivity index (χ2v) is 11.4. The number of rotatable bonds is 9. The average molecular weight is 541 g/mol. The zero-order valence-electron chi connectivity index (χ0n) is 21.6. The van der Waals surface area contributed by atoms with Gasteiger partial charge in [-0.1, -0.05) is 60.7 Å². The minimum Gasteiger partial charge on any atom is -0.383 e. The number of nitrogens with one attached hydrogen (secondary N) is 2. The van der Waals surface area contributed by atoms with Crippen LogP contribution in [-0.4, -0.2) is 42.3 Å². The molecule has 1 saturated heterocycles. The zero-order chi connectivity index (χ0) is 27.1. The number of benzene rings is 3. The number of sulfonamides is 1. The first-order valence-corrected chi connectivity index (χ1v) is 14.5. The number of para-hydroxylation sites is 1. The maximum Gasteiger partial charge on any atom is 0.236 e. The predicted octanol–water partition coefficient (Wildman–Crippen LogP) is 5.59. The molecule has 3 aromatic carbocycles. The van der Waals surface area contributed by atoms with Gasteiger partial charge in [0.05, 0.1) is 5.56 Å². The molecule has 2 heterocycles. The molecular formula is C30H32N6O2S. The summed E-state index contributed by atoms with van der Waals surface area (Å²) in [4.78, 5) is 8.67. The summed E-state index contributed by atoms with van der Waals surface area (Å²) in [5, 5.41) is 8.13. The lowest BCUT2D eigenvalue weighted by molar-refractivity contribution is 0.284. The number of nitrogens with zero attached hydrogens (tertiary/aromatic N) is 3. The van der Waals surface area contributed by atoms with Crippen LogP contribution in [0.1, 0.15) is 18.4 Å². The van der Waals surface area contributed by atoms with E-state index < -0.39 is 10.0 Å². The van der Waals surface area contributed by atoms with Crippen LogP contribution in [0.3, 0.4) is 0 Å². The third kappa shape index (κ3) is 6.81. The van der Waals surface area contributed by atoms with Crippen LogP contribution < -0.4 is 16.4 Å². The first-order valence-electron chi connectivity index (χ1n) is 13.0. The van der Waals surface area contributed by atoms with Gasteiger partial charge in [0.25, 0.3) is 0 Å². The average Bonchev–Trinajstić information content (AvgIpc) is 2.97. The Hall–Kier alpha value is -4.21. The van der Waals surface area contributed by atoms with E-state index in [0.717, 1.165) is 40.9 Å². The molecule has 1 aliphatic heterocycles. The van der Waals surface area contributed by atoms with Crippen LogP contribution in [0.25, 0.3) is 17.2 Å². The fourth-order valence-electron chi connectivity index (χ4n) is 4.65. The Labute approximate surface area is 229 Å². The Morgan fingerprint density at radius 1 is 0.872 bits per heavy atom. The lowest BCUT2D eigenvalue weighted by atomic mass is 9.98. The maximum absolute atomic E-state index is 12.8. The van der Waals surface area contributed by atoms with Crippen molar-refractivity contribution >= 4 is 39.1 Å². The van der Waals surface area contributed by atoms with Crippen molar-refractivity contribution in [3.05, 3.63) is 102 Å². The van der Waals surface area contributed by atoms with Gasteiger partial charge in [-0.2, -0.15) is 4.31 Å². The second-order valence-electron chi connectivity index (χ2n) is 9.53. The van der Waals surface area contributed by atoms with Crippen molar-refractivity contribution in [2.75, 3.05) is 36.0 Å². The molecule has 0 spiro atoms. The summed E-state index contributed by atoms with van der Waals surface area (Å²) in [6.07, 6.45) is 4.64. The molecule has 8 nitrogen and oxygen atoms in total. The van der Waals surface area contributed by atoms with Gasteiger partial charge >= 0.3 is 0 Å². The molecule has 1 fully saturated rings. The van der Waals surface area contributed by atoms with Gasteiger partial charge in [-0.05, 0) is 60.2 Å². The van der Waals surface area contributed by atoms with E-state index in [1.54, 1.807) is 10.4 Å². The minimum atomic E-state index is -3.45. The van der Waals surface area contributed by atoms with Gasteiger partial charge in [-0.15, -0.1) is 0 Å². The normalized spacial score (nSPS) is 14.9. The monoisotopic (exact) mass is 540 g/mol. The summed E-state index contributed by atoms with van der Waals surface area (Å²) >= 11 is 0. The number of hydrogen-bond donors (Lipinski definition) is 3. The first-order chi connectivity index (χ1) is 19.0. The van der Waals surface area contributed by atoms with Crippen LogP contribution in [0.15, 0.2) is 96.7 Å². The molecule has 0 saturated carbocycles. The van der Waals surface area contributed by atoms with E-state index in [0.29, 0.717) is 37.2 Å². The van der Waals surface area contributed by atoms with Crippen LogP contribution >= 0.6 is 0 Å². The van der Waals surface area contributed by atoms with Crippen molar-refractivity contribution < 1.29 is 8.42 Å². The lowest BCUT2D eigenvalue weighted by Crippen LogP contribution is -2.39. The largest absolute Gasteiger partial charge is 0.383 e. The smallest absolute Gasteiger partial charge is 0.236 e. The second kappa shape index (κ2) is 12.1. The number of nitrogen functional groups attached to an aromatic ring is 1. The molecule has 4 N–H and O–H groups in total. The van der Waals surface area contributed by atoms with Crippen LogP contribution in [0.2, 0.25) is 0 Å². The Balaban J connectivity index is 1.19. The number of aromatic nitrogens is 2. The molecule has 0 atom stereocenters. The fourth-order valence-corrected chi connectivity index (χ4v) is 5.87. The SMILES string of the molecule is Nc1ncnc(NCC2CCN(S(=O)(=O)/C=C\c3ccccc3)CC2)c1-c1ccc(Nc2ccccc2)cc1. The van der Waals surface area contributed by atoms with E-state index in [9.17, 15) is 8.42 Å². The van der Waals surface area contributed by atoms with Crippen molar-refractivity contribution in [3.63, 3.8) is 0 Å². The third-order valence-corrected chi connectivity index (χ3v) is 8.40. The van der Waals surface area contributed by atoms with E-state index in [1.165, 1.54) is 11.7 Å². The molecule has 200 valence electrons. The van der Waals surface area contributed by atoms with Crippen molar-refractivity contribution in [1.82, 2.24) is 14.3 Å². The van der Waals surface area contributed by atoms with Crippen molar-refractivity contribution in [2.24, 2.45) is 5.92 Å². The summed E-state index contributed by atoms with van der Waals surface area (Å²) in [6, 6.07) is 27.4. The molecule has 1 aromatic heterocycles. The van der Waals surface area contributed by atoms with Crippen molar-refractivity contribution in [3.8, 4) is 11.1 Å². The highest BCUT2D eigenvalue weighted by molar-refractivity contribution is 7.92. The Morgan fingerprint density at radius 2 is 1.51 bits per heavy atom. The molecule has 0 unspecified atom stereocenters. The van der Waals surface area contributed by atoms with Gasteiger partial charge in [0.15, 0.2) is 0 Å². The van der Waals surface area contributed by atoms with Crippen molar-refractivity contribution in [2.45, 2.75) is 12.8 Å². The summed E-state index contributed by atoms with van der Waals surface area (Å²) in [5.41, 5.74) is 10.8. The lowest BCUT2D eigenvalue weighted by Gasteiger charge is -2.30. The summed E-state index contributed by atoms with van der Waals surface area (Å²) < 4.78 is 27.2. The molecule has 0 amide bonds. The summed E-state index contributed by atoms with van der Waals surface area (Å²) in [6.45, 7) is 1.65. The summed E-state index contributed by atoms with van der Waals surface area (Å²) in [5.74, 6) is 1.39. The molecule has 1 aliphatic rings. The van der Waals surface area contributed by atoms with E-state index in [-0.39, 0.29) is 0 Å². The van der Waals surface area contributed by atoms with E-state index in [2.05, 4.69) is 20.6 Å². The highest BCUT2D eigenvalue weighted by Gasteiger charge is 2.26. The van der Waals surface area contributed by atoms with Gasteiger partial charge in [0.1, 0.15) is 18.0 Å². The van der Waals surface area contributed by atoms with E-state index >= 15 is 0 Å². The number of piperidine rings is 1. The predicted molar refractivity (Wildman–Crippen MR) is 159 cm³/mol. The summed E-state index contributed by atoms with van der Waals surface area (Å²) in [7, 11) is -3.45. The highest BCUT2D eigenvalue weighted by atomic mass is 32.2. The molecular weight excluding hydrogens is 508 g/mol. The molecule has 0 bridgehead atoms. The van der Waals surface area contributed by atoms with Crippen LogP contribution in [0, 0.1) is 5.92 Å². The third-order valence-electron chi connectivity index (χ3n) is 6.84. The Bertz CT molecular complexity index is 1500. The van der Waals surface area contributed by atoms with Gasteiger partial charge in [-0.25, -0.2) is 18.4 Å². The van der Waals surface area contributed by atoms with E-state index in [4.69, 9.17) is 5.73 Å². The number of hydrogen-bond acceptors (Lipinski definition) is 7. The highest BCUT2D eigenvalue weighted by Crippen LogP contribution is 2.32. The molecule has 0 radical (unpaired) electrons. The van der Waals surface area contributed by atoms with Crippen LogP contribution in [0.4, 0.5) is 23.0 Å². The first kappa shape index (κ1) is 26.4. The van der Waals surface area contributed by atoms with Gasteiger partial charge in [0.2, 0.25) is 10.0 Å². The quantitative estimate of drug-likeness (QED) is 0.253. The Kier molecular flexibility index (Phi) is 8.19. The van der Waals surface area contributed by atoms with Crippen LogP contribution in [-0.2, 0) is 10.0 Å². The maximum atomic E-state index is 12.8. The van der Waals surface area contributed by atoms with E-state index in [1.807, 2.05) is 84.9 Å². The topological polar surface area (TPSA) is 113 Å². The molecule has 39 heavy (non-hydrogen) atoms. The Morgan fingerprint density at radius 3 is 2.21 bits per heavy atom. The molecule has 0 aliphatic carbocycles.